The van der Waals surface area contributed by atoms with E-state index < -0.39 is 0 Å². The van der Waals surface area contributed by atoms with Crippen molar-refractivity contribution >= 4 is 39.3 Å². The van der Waals surface area contributed by atoms with E-state index in [1.54, 1.807) is 30.0 Å². The van der Waals surface area contributed by atoms with Crippen LogP contribution in [-0.4, -0.2) is 53.3 Å². The second-order valence-corrected chi connectivity index (χ2v) is 8.87. The number of nitrogens with two attached hydrogens (primary N) is 1. The van der Waals surface area contributed by atoms with Gasteiger partial charge in [-0.05, 0) is 52.5 Å². The molecule has 1 saturated heterocycles. The van der Waals surface area contributed by atoms with Crippen LogP contribution in [-0.2, 0) is 22.4 Å². The van der Waals surface area contributed by atoms with Crippen molar-refractivity contribution in [1.82, 2.24) is 19.9 Å². The van der Waals surface area contributed by atoms with Crippen molar-refractivity contribution in [3.63, 3.8) is 0 Å². The first-order valence-electron chi connectivity index (χ1n) is 10.5. The van der Waals surface area contributed by atoms with Gasteiger partial charge in [-0.2, -0.15) is 9.61 Å². The minimum atomic E-state index is -0.262. The highest BCUT2D eigenvalue weighted by atomic mass is 79.9. The molecule has 0 saturated carbocycles. The third-order valence-electron chi connectivity index (χ3n) is 6.13. The second kappa shape index (κ2) is 8.86. The highest BCUT2D eigenvalue weighted by molar-refractivity contribution is 9.10. The van der Waals surface area contributed by atoms with Crippen molar-refractivity contribution in [2.24, 2.45) is 4.99 Å². The molecule has 1 fully saturated rings. The standard InChI is InChI=1S/C22H24BrFN6O2/c1-31-19-11-32-5-4-17(19)27-10-18-20(23)21(25)30-22(29-18)15(9-28-30)13-6-12-7-14(24)2-3-16(12)26-8-13/h2-3,7-9,13,17,19,27H,4-6,10-11,25H2,1H3. The zero-order chi connectivity index (χ0) is 22.2. The molecule has 0 radical (unpaired) electrons. The number of nitrogen functional groups attached to an aromatic ring is 1. The number of rotatable bonds is 5. The summed E-state index contributed by atoms with van der Waals surface area (Å²) in [4.78, 5) is 9.40. The Morgan fingerprint density at radius 2 is 2.28 bits per heavy atom. The van der Waals surface area contributed by atoms with Crippen molar-refractivity contribution < 1.29 is 13.9 Å². The summed E-state index contributed by atoms with van der Waals surface area (Å²) in [6, 6.07) is 4.84. The summed E-state index contributed by atoms with van der Waals surface area (Å²) < 4.78 is 27.1. The first-order valence-corrected chi connectivity index (χ1v) is 11.3. The number of aliphatic imine (C=N–C) groups is 1. The van der Waals surface area contributed by atoms with Crippen LogP contribution in [0.15, 0.2) is 33.9 Å². The number of fused-ring (bicyclic) bond motifs is 2. The lowest BCUT2D eigenvalue weighted by Crippen LogP contribution is -2.47. The third-order valence-corrected chi connectivity index (χ3v) is 7.00. The zero-order valence-corrected chi connectivity index (χ0v) is 19.2. The number of hydrogen-bond donors (Lipinski definition) is 2. The molecule has 0 spiro atoms. The molecule has 10 heteroatoms. The topological polar surface area (TPSA) is 99.1 Å². The van der Waals surface area contributed by atoms with Gasteiger partial charge in [0.15, 0.2) is 5.65 Å². The van der Waals surface area contributed by atoms with E-state index in [0.29, 0.717) is 42.1 Å². The van der Waals surface area contributed by atoms with Gasteiger partial charge < -0.3 is 20.5 Å². The summed E-state index contributed by atoms with van der Waals surface area (Å²) >= 11 is 3.58. The predicted octanol–water partition coefficient (Wildman–Crippen LogP) is 3.15. The van der Waals surface area contributed by atoms with Crippen LogP contribution in [0.3, 0.4) is 0 Å². The highest BCUT2D eigenvalue weighted by Gasteiger charge is 2.27. The highest BCUT2D eigenvalue weighted by Crippen LogP contribution is 2.34. The number of nitrogens with zero attached hydrogens (tertiary/aromatic N) is 4. The minimum absolute atomic E-state index is 0.00644. The van der Waals surface area contributed by atoms with E-state index in [-0.39, 0.29) is 23.9 Å². The number of halogens is 2. The van der Waals surface area contributed by atoms with Gasteiger partial charge >= 0.3 is 0 Å². The molecule has 3 atom stereocenters. The largest absolute Gasteiger partial charge is 0.383 e. The van der Waals surface area contributed by atoms with Crippen molar-refractivity contribution in [2.45, 2.75) is 37.5 Å². The second-order valence-electron chi connectivity index (χ2n) is 8.08. The minimum Gasteiger partial charge on any atom is -0.383 e. The van der Waals surface area contributed by atoms with E-state index >= 15 is 0 Å². The number of anilines is 1. The molecule has 2 aliphatic heterocycles. The number of methoxy groups -OCH3 is 1. The molecular weight excluding hydrogens is 479 g/mol. The Morgan fingerprint density at radius 1 is 1.41 bits per heavy atom. The van der Waals surface area contributed by atoms with Gasteiger partial charge in [0.1, 0.15) is 11.6 Å². The van der Waals surface area contributed by atoms with Crippen LogP contribution < -0.4 is 11.1 Å². The van der Waals surface area contributed by atoms with Gasteiger partial charge in [-0.3, -0.25) is 4.99 Å². The van der Waals surface area contributed by atoms with E-state index in [4.69, 9.17) is 20.2 Å². The van der Waals surface area contributed by atoms with Crippen molar-refractivity contribution in [3.8, 4) is 0 Å². The van der Waals surface area contributed by atoms with Crippen molar-refractivity contribution in [1.29, 1.82) is 0 Å². The quantitative estimate of drug-likeness (QED) is 0.555. The van der Waals surface area contributed by atoms with Crippen LogP contribution in [0.2, 0.25) is 0 Å². The first-order chi connectivity index (χ1) is 15.5. The summed E-state index contributed by atoms with van der Waals surface area (Å²) in [5.41, 5.74) is 10.4. The molecule has 3 N–H and O–H groups in total. The Hall–Kier alpha value is -2.40. The molecule has 168 valence electrons. The predicted molar refractivity (Wildman–Crippen MR) is 123 cm³/mol. The Morgan fingerprint density at radius 3 is 3.12 bits per heavy atom. The zero-order valence-electron chi connectivity index (χ0n) is 17.6. The van der Waals surface area contributed by atoms with E-state index in [1.165, 1.54) is 6.07 Å². The molecule has 5 rings (SSSR count). The van der Waals surface area contributed by atoms with Gasteiger partial charge in [-0.1, -0.05) is 0 Å². The first kappa shape index (κ1) is 21.4. The van der Waals surface area contributed by atoms with Gasteiger partial charge in [-0.15, -0.1) is 0 Å². The molecule has 0 amide bonds. The van der Waals surface area contributed by atoms with Gasteiger partial charge in [0.2, 0.25) is 0 Å². The van der Waals surface area contributed by atoms with Crippen LogP contribution in [0, 0.1) is 5.82 Å². The summed E-state index contributed by atoms with van der Waals surface area (Å²) in [7, 11) is 1.69. The molecule has 0 aliphatic carbocycles. The van der Waals surface area contributed by atoms with Crippen LogP contribution in [0.25, 0.3) is 5.65 Å². The van der Waals surface area contributed by atoms with Crippen molar-refractivity contribution in [3.05, 3.63) is 51.5 Å². The summed E-state index contributed by atoms with van der Waals surface area (Å²) in [6.07, 6.45) is 5.12. The number of hydrogen-bond acceptors (Lipinski definition) is 7. The molecule has 2 aromatic heterocycles. The maximum Gasteiger partial charge on any atom is 0.161 e. The SMILES string of the molecule is COC1COCCC1NCc1nc2c(C3C=Nc4ccc(F)cc4C3)cnn2c(N)c1Br. The lowest BCUT2D eigenvalue weighted by atomic mass is 9.91. The lowest BCUT2D eigenvalue weighted by Gasteiger charge is -2.31. The smallest absolute Gasteiger partial charge is 0.161 e. The molecule has 3 unspecified atom stereocenters. The van der Waals surface area contributed by atoms with Crippen LogP contribution in [0.5, 0.6) is 0 Å². The van der Waals surface area contributed by atoms with E-state index in [2.05, 4.69) is 31.3 Å². The van der Waals surface area contributed by atoms with Crippen LogP contribution in [0.4, 0.5) is 15.9 Å². The monoisotopic (exact) mass is 502 g/mol. The number of aromatic nitrogens is 3. The summed E-state index contributed by atoms with van der Waals surface area (Å²) in [5, 5.41) is 7.98. The Balaban J connectivity index is 1.44. The molecule has 32 heavy (non-hydrogen) atoms. The molecule has 0 bridgehead atoms. The molecule has 3 aromatic rings. The lowest BCUT2D eigenvalue weighted by molar-refractivity contribution is -0.0502. The maximum atomic E-state index is 13.7. The third kappa shape index (κ3) is 3.92. The molecular formula is C22H24BrFN6O2. The molecule has 2 aliphatic rings. The Kier molecular flexibility index (Phi) is 5.93. The average Bonchev–Trinajstić information content (AvgIpc) is 3.24. The van der Waals surface area contributed by atoms with E-state index in [9.17, 15) is 4.39 Å². The van der Waals surface area contributed by atoms with E-state index in [0.717, 1.165) is 28.9 Å². The molecule has 8 nitrogen and oxygen atoms in total. The average molecular weight is 503 g/mol. The normalized spacial score (nSPS) is 22.9. The van der Waals surface area contributed by atoms with E-state index in [1.807, 2.05) is 6.21 Å². The maximum absolute atomic E-state index is 13.7. The van der Waals surface area contributed by atoms with Gasteiger partial charge in [0.25, 0.3) is 0 Å². The van der Waals surface area contributed by atoms with Crippen molar-refractivity contribution in [2.75, 3.05) is 26.1 Å². The fraction of sp³-hybridized carbons (Fsp3) is 0.409. The molecule has 1 aromatic carbocycles. The van der Waals surface area contributed by atoms with Gasteiger partial charge in [0.05, 0.1) is 34.8 Å². The Labute approximate surface area is 193 Å². The summed E-state index contributed by atoms with van der Waals surface area (Å²) in [6.45, 7) is 1.78. The number of benzene rings is 1. The number of nitrogens with one attached hydrogen (secondary N) is 1. The van der Waals surface area contributed by atoms with Crippen LogP contribution in [0.1, 0.15) is 29.2 Å². The Bertz CT molecular complexity index is 1180. The van der Waals surface area contributed by atoms with Gasteiger partial charge in [-0.25, -0.2) is 9.37 Å². The fourth-order valence-electron chi connectivity index (χ4n) is 4.34. The molecule has 4 heterocycles. The van der Waals surface area contributed by atoms with Crippen LogP contribution >= 0.6 is 15.9 Å². The van der Waals surface area contributed by atoms with Gasteiger partial charge in [0, 0.05) is 44.0 Å². The summed E-state index contributed by atoms with van der Waals surface area (Å²) in [5.74, 6) is 0.151. The fourth-order valence-corrected chi connectivity index (χ4v) is 4.74. The number of ether oxygens (including phenoxy) is 2.